The normalized spacial score (nSPS) is 11.2. The number of hydrogen-bond acceptors (Lipinski definition) is 7. The SMILES string of the molecule is COc1ccc(-c2cc(O)no2)c(OC(=O)C(F)(F)F)n1. The summed E-state index contributed by atoms with van der Waals surface area (Å²) in [4.78, 5) is 14.5. The maximum absolute atomic E-state index is 12.2. The lowest BCUT2D eigenvalue weighted by Gasteiger charge is -2.09. The number of halogens is 3. The van der Waals surface area contributed by atoms with Crippen molar-refractivity contribution in [3.05, 3.63) is 18.2 Å². The summed E-state index contributed by atoms with van der Waals surface area (Å²) >= 11 is 0. The lowest BCUT2D eigenvalue weighted by atomic mass is 10.2. The highest BCUT2D eigenvalue weighted by atomic mass is 19.4. The number of nitrogens with zero attached hydrogens (tertiary/aromatic N) is 2. The second-order valence-electron chi connectivity index (χ2n) is 3.64. The van der Waals surface area contributed by atoms with Crippen molar-refractivity contribution in [2.75, 3.05) is 7.11 Å². The van der Waals surface area contributed by atoms with E-state index in [0.717, 1.165) is 6.07 Å². The Hall–Kier alpha value is -2.78. The molecule has 21 heavy (non-hydrogen) atoms. The van der Waals surface area contributed by atoms with E-state index in [-0.39, 0.29) is 17.2 Å². The van der Waals surface area contributed by atoms with Gasteiger partial charge in [-0.15, -0.1) is 0 Å². The van der Waals surface area contributed by atoms with E-state index < -0.39 is 23.9 Å². The van der Waals surface area contributed by atoms with Crippen LogP contribution in [0, 0.1) is 0 Å². The van der Waals surface area contributed by atoms with E-state index in [9.17, 15) is 18.0 Å². The number of aromatic hydroxyl groups is 1. The van der Waals surface area contributed by atoms with Crippen LogP contribution >= 0.6 is 0 Å². The Labute approximate surface area is 114 Å². The van der Waals surface area contributed by atoms with E-state index in [1.807, 2.05) is 0 Å². The van der Waals surface area contributed by atoms with Gasteiger partial charge in [0.15, 0.2) is 5.76 Å². The highest BCUT2D eigenvalue weighted by Crippen LogP contribution is 2.33. The van der Waals surface area contributed by atoms with Gasteiger partial charge in [0.25, 0.3) is 5.88 Å². The topological polar surface area (TPSA) is 94.7 Å². The molecule has 0 bridgehead atoms. The lowest BCUT2D eigenvalue weighted by molar-refractivity contribution is -0.189. The fourth-order valence-corrected chi connectivity index (χ4v) is 1.34. The van der Waals surface area contributed by atoms with Crippen LogP contribution < -0.4 is 9.47 Å². The fraction of sp³-hybridized carbons (Fsp3) is 0.182. The molecule has 0 aliphatic rings. The molecule has 112 valence electrons. The van der Waals surface area contributed by atoms with Crippen LogP contribution in [0.25, 0.3) is 11.3 Å². The van der Waals surface area contributed by atoms with E-state index in [2.05, 4.69) is 19.4 Å². The summed E-state index contributed by atoms with van der Waals surface area (Å²) in [6, 6.07) is 3.57. The Morgan fingerprint density at radius 3 is 2.62 bits per heavy atom. The molecule has 7 nitrogen and oxygen atoms in total. The van der Waals surface area contributed by atoms with Crippen LogP contribution in [0.5, 0.6) is 17.6 Å². The van der Waals surface area contributed by atoms with Crippen molar-refractivity contribution in [1.29, 1.82) is 0 Å². The molecule has 0 fully saturated rings. The quantitative estimate of drug-likeness (QED) is 0.865. The van der Waals surface area contributed by atoms with E-state index in [4.69, 9.17) is 9.84 Å². The minimum absolute atomic E-state index is 0.0764. The van der Waals surface area contributed by atoms with Crippen molar-refractivity contribution in [3.8, 4) is 29.0 Å². The zero-order valence-electron chi connectivity index (χ0n) is 10.3. The number of esters is 1. The molecule has 0 saturated heterocycles. The monoisotopic (exact) mass is 304 g/mol. The van der Waals surface area contributed by atoms with Gasteiger partial charge in [-0.3, -0.25) is 0 Å². The van der Waals surface area contributed by atoms with Crippen LogP contribution in [0.15, 0.2) is 22.7 Å². The number of pyridine rings is 1. The molecule has 2 aromatic heterocycles. The summed E-state index contributed by atoms with van der Waals surface area (Å²) in [6.45, 7) is 0. The number of hydrogen-bond donors (Lipinski definition) is 1. The molecule has 10 heteroatoms. The third kappa shape index (κ3) is 3.22. The summed E-state index contributed by atoms with van der Waals surface area (Å²) in [5.41, 5.74) is -0.110. The van der Waals surface area contributed by atoms with Crippen molar-refractivity contribution in [2.24, 2.45) is 0 Å². The largest absolute Gasteiger partial charge is 0.491 e. The Bertz CT molecular complexity index is 668. The summed E-state index contributed by atoms with van der Waals surface area (Å²) in [7, 11) is 1.23. The van der Waals surface area contributed by atoms with E-state index in [1.165, 1.54) is 19.2 Å². The first-order valence-corrected chi connectivity index (χ1v) is 5.31. The van der Waals surface area contributed by atoms with Crippen LogP contribution in [-0.4, -0.2) is 34.5 Å². The Morgan fingerprint density at radius 1 is 1.38 bits per heavy atom. The van der Waals surface area contributed by atoms with Crippen molar-refractivity contribution in [3.63, 3.8) is 0 Å². The molecule has 0 unspecified atom stereocenters. The molecule has 0 spiro atoms. The fourth-order valence-electron chi connectivity index (χ4n) is 1.34. The van der Waals surface area contributed by atoms with Crippen molar-refractivity contribution in [2.45, 2.75) is 6.18 Å². The Kier molecular flexibility index (Phi) is 3.70. The molecule has 0 atom stereocenters. The molecule has 0 aliphatic carbocycles. The maximum atomic E-state index is 12.2. The molecule has 0 amide bonds. The number of aromatic nitrogens is 2. The van der Waals surface area contributed by atoms with Crippen LogP contribution in [0.2, 0.25) is 0 Å². The molecule has 0 aromatic carbocycles. The van der Waals surface area contributed by atoms with Gasteiger partial charge in [-0.05, 0) is 11.2 Å². The molecule has 1 N–H and O–H groups in total. The molecule has 0 aliphatic heterocycles. The molecule has 0 saturated carbocycles. The number of alkyl halides is 3. The summed E-state index contributed by atoms with van der Waals surface area (Å²) < 4.78 is 50.3. The summed E-state index contributed by atoms with van der Waals surface area (Å²) in [6.07, 6.45) is -5.19. The lowest BCUT2D eigenvalue weighted by Crippen LogP contribution is -2.28. The minimum atomic E-state index is -5.19. The van der Waals surface area contributed by atoms with Gasteiger partial charge in [0.1, 0.15) is 0 Å². The van der Waals surface area contributed by atoms with Gasteiger partial charge in [-0.2, -0.15) is 18.2 Å². The van der Waals surface area contributed by atoms with Gasteiger partial charge in [0.05, 0.1) is 12.7 Å². The van der Waals surface area contributed by atoms with Crippen LogP contribution in [-0.2, 0) is 4.79 Å². The Balaban J connectivity index is 2.43. The van der Waals surface area contributed by atoms with Gasteiger partial charge in [0, 0.05) is 12.1 Å². The number of ether oxygens (including phenoxy) is 2. The van der Waals surface area contributed by atoms with Gasteiger partial charge in [-0.25, -0.2) is 4.79 Å². The van der Waals surface area contributed by atoms with Gasteiger partial charge in [-0.1, -0.05) is 0 Å². The molecule has 2 heterocycles. The Morgan fingerprint density at radius 2 is 2.10 bits per heavy atom. The number of methoxy groups -OCH3 is 1. The van der Waals surface area contributed by atoms with E-state index in [0.29, 0.717) is 0 Å². The molecule has 2 rings (SSSR count). The average Bonchev–Trinajstić information content (AvgIpc) is 2.84. The van der Waals surface area contributed by atoms with Crippen LogP contribution in [0.1, 0.15) is 0 Å². The smallest absolute Gasteiger partial charge is 0.491 e. The zero-order valence-corrected chi connectivity index (χ0v) is 10.3. The van der Waals surface area contributed by atoms with E-state index >= 15 is 0 Å². The minimum Gasteiger partial charge on any atom is -0.491 e. The number of rotatable bonds is 3. The zero-order chi connectivity index (χ0) is 15.6. The van der Waals surface area contributed by atoms with Gasteiger partial charge < -0.3 is 19.1 Å². The first-order valence-electron chi connectivity index (χ1n) is 5.31. The summed E-state index contributed by atoms with van der Waals surface area (Å²) in [5, 5.41) is 12.2. The highest BCUT2D eigenvalue weighted by molar-refractivity contribution is 5.80. The molecule has 0 radical (unpaired) electrons. The predicted molar refractivity (Wildman–Crippen MR) is 59.6 cm³/mol. The van der Waals surface area contributed by atoms with Gasteiger partial charge in [0.2, 0.25) is 11.8 Å². The molecular weight excluding hydrogens is 297 g/mol. The van der Waals surface area contributed by atoms with Gasteiger partial charge >= 0.3 is 12.1 Å². The molecule has 2 aromatic rings. The molecular formula is C11H7F3N2O5. The van der Waals surface area contributed by atoms with Crippen molar-refractivity contribution >= 4 is 5.97 Å². The van der Waals surface area contributed by atoms with E-state index in [1.54, 1.807) is 0 Å². The second kappa shape index (κ2) is 5.31. The first kappa shape index (κ1) is 14.6. The standard InChI is InChI=1S/C11H7F3N2O5/c1-19-8-3-2-5(6-4-7(17)16-21-6)9(15-8)20-10(18)11(12,13)14/h2-4H,1H3,(H,16,17). The average molecular weight is 304 g/mol. The predicted octanol–water partition coefficient (Wildman–Crippen LogP) is 1.92. The third-order valence-corrected chi connectivity index (χ3v) is 2.23. The van der Waals surface area contributed by atoms with Crippen molar-refractivity contribution in [1.82, 2.24) is 10.1 Å². The van der Waals surface area contributed by atoms with Crippen molar-refractivity contribution < 1.29 is 37.1 Å². The third-order valence-electron chi connectivity index (χ3n) is 2.23. The maximum Gasteiger partial charge on any atom is 0.491 e. The highest BCUT2D eigenvalue weighted by Gasteiger charge is 2.42. The number of carbonyl (C=O) groups excluding carboxylic acids is 1. The number of carbonyl (C=O) groups is 1. The summed E-state index contributed by atoms with van der Waals surface area (Å²) in [5.74, 6) is -3.84. The first-order chi connectivity index (χ1) is 9.81. The van der Waals surface area contributed by atoms with Crippen LogP contribution in [0.4, 0.5) is 13.2 Å². The second-order valence-corrected chi connectivity index (χ2v) is 3.64. The van der Waals surface area contributed by atoms with Crippen LogP contribution in [0.3, 0.4) is 0 Å².